The van der Waals surface area contributed by atoms with E-state index in [1.54, 1.807) is 0 Å². The van der Waals surface area contributed by atoms with Gasteiger partial charge in [-0.15, -0.1) is 0 Å². The third-order valence-corrected chi connectivity index (χ3v) is 22.8. The molecule has 2 aliphatic carbocycles. The number of anilines is 3. The second kappa shape index (κ2) is 20.2. The highest BCUT2D eigenvalue weighted by Crippen LogP contribution is 2.56. The summed E-state index contributed by atoms with van der Waals surface area (Å²) in [6.45, 7) is 16.1. The highest BCUT2D eigenvalue weighted by atomic mass is 28.3. The molecule has 0 amide bonds. The van der Waals surface area contributed by atoms with Crippen molar-refractivity contribution in [1.29, 1.82) is 0 Å². The molecule has 2 aliphatic rings. The summed E-state index contributed by atoms with van der Waals surface area (Å²) in [4.78, 5) is 2.39. The van der Waals surface area contributed by atoms with Crippen LogP contribution in [0, 0.1) is 20.8 Å². The first kappa shape index (κ1) is 49.8. The zero-order valence-electron chi connectivity index (χ0n) is 45.9. The van der Waals surface area contributed by atoms with Crippen molar-refractivity contribution in [2.45, 2.75) is 85.0 Å². The van der Waals surface area contributed by atoms with Gasteiger partial charge >= 0.3 is 0 Å². The van der Waals surface area contributed by atoms with Crippen LogP contribution in [0.2, 0.25) is 0 Å². The third kappa shape index (κ3) is 8.28. The van der Waals surface area contributed by atoms with Crippen molar-refractivity contribution in [1.82, 2.24) is 0 Å². The molecular weight excluding hydrogens is 943 g/mol. The molecule has 12 rings (SSSR count). The first-order valence-electron chi connectivity index (χ1n) is 28.1. The first-order valence-corrected chi connectivity index (χ1v) is 30.1. The van der Waals surface area contributed by atoms with Gasteiger partial charge in [-0.1, -0.05) is 245 Å². The number of para-hydroxylation sites is 2. The van der Waals surface area contributed by atoms with Gasteiger partial charge in [0, 0.05) is 27.9 Å². The van der Waals surface area contributed by atoms with Crippen molar-refractivity contribution in [3.05, 3.63) is 281 Å². The largest absolute Gasteiger partial charge is 0.310 e. The van der Waals surface area contributed by atoms with E-state index in [-0.39, 0.29) is 10.8 Å². The number of hydrogen-bond acceptors (Lipinski definition) is 1. The summed E-state index contributed by atoms with van der Waals surface area (Å²) in [5.41, 5.74) is 23.5. The fourth-order valence-electron chi connectivity index (χ4n) is 13.7. The highest BCUT2D eigenvalue weighted by molar-refractivity contribution is 7.19. The molecule has 0 saturated carbocycles. The predicted molar refractivity (Wildman–Crippen MR) is 333 cm³/mol. The van der Waals surface area contributed by atoms with E-state index in [0.717, 1.165) is 37.1 Å². The van der Waals surface area contributed by atoms with Crippen molar-refractivity contribution in [2.24, 2.45) is 0 Å². The quantitative estimate of drug-likeness (QED) is 0.0596. The topological polar surface area (TPSA) is 3.24 Å². The summed E-state index contributed by atoms with van der Waals surface area (Å²) in [6, 6.07) is 88.2. The Bertz CT molecular complexity index is 3630. The van der Waals surface area contributed by atoms with E-state index in [0.29, 0.717) is 0 Å². The fraction of sp³-hybridized carbons (Fsp3) is 0.173. The van der Waals surface area contributed by atoms with Gasteiger partial charge in [-0.25, -0.2) is 0 Å². The van der Waals surface area contributed by atoms with Gasteiger partial charge in [0.05, 0.1) is 0 Å². The van der Waals surface area contributed by atoms with Crippen molar-refractivity contribution >= 4 is 58.0 Å². The average molecular weight is 1010 g/mol. The zero-order chi connectivity index (χ0) is 52.9. The molecule has 0 unspecified atom stereocenters. The molecule has 0 radical (unpaired) electrons. The van der Waals surface area contributed by atoms with Crippen LogP contribution in [0.15, 0.2) is 231 Å². The minimum atomic E-state index is -2.68. The molecule has 0 fully saturated rings. The molecule has 0 atom stereocenters. The lowest BCUT2D eigenvalue weighted by atomic mass is 9.73. The summed E-state index contributed by atoms with van der Waals surface area (Å²) in [6.07, 6.45) is 8.82. The number of aryl methyl sites for hydroxylation is 3. The van der Waals surface area contributed by atoms with Crippen LogP contribution in [-0.4, -0.2) is 8.07 Å². The number of rotatable bonds is 14. The Morgan fingerprint density at radius 2 is 0.662 bits per heavy atom. The average Bonchev–Trinajstić information content (AvgIpc) is 4.09. The van der Waals surface area contributed by atoms with Crippen LogP contribution in [0.4, 0.5) is 17.1 Å². The Morgan fingerprint density at radius 1 is 0.325 bits per heavy atom. The van der Waals surface area contributed by atoms with Crippen molar-refractivity contribution in [3.63, 3.8) is 0 Å². The third-order valence-electron chi connectivity index (χ3n) is 18.0. The molecule has 0 aromatic heterocycles. The molecule has 10 aromatic carbocycles. The molecule has 10 aromatic rings. The van der Waals surface area contributed by atoms with Gasteiger partial charge in [0.15, 0.2) is 8.07 Å². The van der Waals surface area contributed by atoms with Gasteiger partial charge in [-0.05, 0) is 176 Å². The van der Waals surface area contributed by atoms with Gasteiger partial charge < -0.3 is 4.90 Å². The van der Waals surface area contributed by atoms with E-state index in [4.69, 9.17) is 0 Å². The minimum absolute atomic E-state index is 0.0779. The minimum Gasteiger partial charge on any atom is -0.310 e. The smallest absolute Gasteiger partial charge is 0.179 e. The summed E-state index contributed by atoms with van der Waals surface area (Å²) >= 11 is 0. The maximum atomic E-state index is 2.53. The molecule has 0 spiro atoms. The van der Waals surface area contributed by atoms with Crippen molar-refractivity contribution in [3.8, 4) is 33.4 Å². The Kier molecular flexibility index (Phi) is 13.0. The predicted octanol–water partition coefficient (Wildman–Crippen LogP) is 17.5. The highest BCUT2D eigenvalue weighted by Gasteiger charge is 2.44. The van der Waals surface area contributed by atoms with E-state index < -0.39 is 8.07 Å². The molecule has 0 N–H and O–H groups in total. The normalized spacial score (nSPS) is 13.8. The van der Waals surface area contributed by atoms with E-state index in [9.17, 15) is 0 Å². The summed E-state index contributed by atoms with van der Waals surface area (Å²) in [5.74, 6) is 0. The molecule has 2 heteroatoms. The molecule has 0 heterocycles. The Hall–Kier alpha value is -8.04. The second-order valence-corrected chi connectivity index (χ2v) is 25.8. The maximum Gasteiger partial charge on any atom is 0.179 e. The first-order chi connectivity index (χ1) is 37.6. The Labute approximate surface area is 459 Å². The molecule has 77 heavy (non-hydrogen) atoms. The molecule has 0 bridgehead atoms. The van der Waals surface area contributed by atoms with Crippen LogP contribution < -0.4 is 25.6 Å². The van der Waals surface area contributed by atoms with Crippen LogP contribution in [0.25, 0.3) is 45.5 Å². The van der Waals surface area contributed by atoms with E-state index in [2.05, 4.69) is 296 Å². The van der Waals surface area contributed by atoms with Crippen LogP contribution >= 0.6 is 0 Å². The fourth-order valence-corrected chi connectivity index (χ4v) is 18.3. The van der Waals surface area contributed by atoms with Crippen LogP contribution in [0.5, 0.6) is 0 Å². The van der Waals surface area contributed by atoms with Crippen molar-refractivity contribution in [2.75, 3.05) is 4.90 Å². The lowest BCUT2D eigenvalue weighted by molar-refractivity contribution is 0.490. The van der Waals surface area contributed by atoms with Crippen molar-refractivity contribution < 1.29 is 0 Å². The van der Waals surface area contributed by atoms with Gasteiger partial charge in [0.25, 0.3) is 0 Å². The number of nitrogens with zero attached hydrogens (tertiary/aromatic N) is 1. The van der Waals surface area contributed by atoms with Gasteiger partial charge in [0.2, 0.25) is 0 Å². The summed E-state index contributed by atoms with van der Waals surface area (Å²) < 4.78 is 0. The van der Waals surface area contributed by atoms with Crippen LogP contribution in [-0.2, 0) is 10.8 Å². The van der Waals surface area contributed by atoms with E-state index >= 15 is 0 Å². The molecule has 0 saturated heterocycles. The SMILES string of the molecule is CCC1(CC)c2cc(/C=C/c3ccc4c(c3)C(CC)(CC)c3cc(N(c5ccccc5)c5ccccc5)ccc3-4)ccc2-c2ccc(-c3ccc([Si](c4ccc(C)cc4)(c4ccc(C)cc4)c4ccc(C)cc4)cc3)cc21. The standard InChI is InChI=1S/C75H69NSi/c1-8-74(9-2)70-48-55(28-29-56-31-45-67-69-47-35-61(51-73(69)75(10-3,11-4)71(67)49-56)76(59-18-14-12-15-19-59)60-20-16-13-17-21-60)30-44-66(70)68-46-34-58(50-72(68)74)57-32-42-65(43-33-57)77(62-36-22-52(5)23-37-62,63-38-24-53(6)25-39-63)64-40-26-54(7)27-41-64/h12-51H,8-11H2,1-7H3/b29-28+. The lowest BCUT2D eigenvalue weighted by Gasteiger charge is -2.35. The zero-order valence-corrected chi connectivity index (χ0v) is 46.9. The monoisotopic (exact) mass is 1010 g/mol. The summed E-state index contributed by atoms with van der Waals surface area (Å²) in [7, 11) is -2.68. The molecule has 1 nitrogen and oxygen atoms in total. The number of benzene rings is 10. The van der Waals surface area contributed by atoms with Crippen LogP contribution in [0.1, 0.15) is 103 Å². The Morgan fingerprint density at radius 3 is 1.06 bits per heavy atom. The number of fused-ring (bicyclic) bond motifs is 6. The Balaban J connectivity index is 0.860. The van der Waals surface area contributed by atoms with Gasteiger partial charge in [0.1, 0.15) is 0 Å². The number of hydrogen-bond donors (Lipinski definition) is 0. The van der Waals surface area contributed by atoms with E-state index in [1.807, 2.05) is 0 Å². The van der Waals surface area contributed by atoms with Crippen LogP contribution in [0.3, 0.4) is 0 Å². The van der Waals surface area contributed by atoms with Gasteiger partial charge in [-0.2, -0.15) is 0 Å². The molecule has 0 aliphatic heterocycles. The summed E-state index contributed by atoms with van der Waals surface area (Å²) in [5, 5.41) is 5.61. The molecule has 378 valence electrons. The maximum absolute atomic E-state index is 2.68. The van der Waals surface area contributed by atoms with E-state index in [1.165, 1.54) is 110 Å². The second-order valence-electron chi connectivity index (χ2n) is 21.9. The molecular formula is C75H69NSi. The lowest BCUT2D eigenvalue weighted by Crippen LogP contribution is -2.74. The van der Waals surface area contributed by atoms with Gasteiger partial charge in [-0.3, -0.25) is 0 Å².